The molecule has 1 atom stereocenters. The first-order valence-electron chi connectivity index (χ1n) is 8.29. The molecule has 2 aromatic carbocycles. The number of hydrogen-bond acceptors (Lipinski definition) is 4. The summed E-state index contributed by atoms with van der Waals surface area (Å²) in [6.45, 7) is 2.01. The lowest BCUT2D eigenvalue weighted by Gasteiger charge is -2.18. The Kier molecular flexibility index (Phi) is 7.01. The summed E-state index contributed by atoms with van der Waals surface area (Å²) in [5.41, 5.74) is 1.52. The second-order valence-electron chi connectivity index (χ2n) is 5.62. The number of esters is 1. The SMILES string of the molecule is CCC[C@H](NC(=O)COc1ccc(C(=O)OC)cc1)c1ccccc1. The summed E-state index contributed by atoms with van der Waals surface area (Å²) < 4.78 is 10.1. The van der Waals surface area contributed by atoms with E-state index < -0.39 is 5.97 Å². The van der Waals surface area contributed by atoms with E-state index in [1.807, 2.05) is 30.3 Å². The van der Waals surface area contributed by atoms with E-state index in [0.29, 0.717) is 11.3 Å². The summed E-state index contributed by atoms with van der Waals surface area (Å²) in [6.07, 6.45) is 1.83. The summed E-state index contributed by atoms with van der Waals surface area (Å²) in [4.78, 5) is 23.6. The number of methoxy groups -OCH3 is 1. The van der Waals surface area contributed by atoms with Crippen LogP contribution < -0.4 is 10.1 Å². The van der Waals surface area contributed by atoms with Crippen molar-refractivity contribution in [1.82, 2.24) is 5.32 Å². The van der Waals surface area contributed by atoms with Gasteiger partial charge < -0.3 is 14.8 Å². The molecule has 0 radical (unpaired) electrons. The van der Waals surface area contributed by atoms with Crippen LogP contribution in [0.5, 0.6) is 5.75 Å². The number of ether oxygens (including phenoxy) is 2. The number of amides is 1. The number of carbonyl (C=O) groups excluding carboxylic acids is 2. The molecule has 0 saturated heterocycles. The van der Waals surface area contributed by atoms with Gasteiger partial charge in [0.15, 0.2) is 6.61 Å². The van der Waals surface area contributed by atoms with Crippen LogP contribution in [0, 0.1) is 0 Å². The first-order chi connectivity index (χ1) is 12.1. The highest BCUT2D eigenvalue weighted by molar-refractivity contribution is 5.89. The van der Waals surface area contributed by atoms with Crippen molar-refractivity contribution in [3.63, 3.8) is 0 Å². The molecule has 5 heteroatoms. The summed E-state index contributed by atoms with van der Waals surface area (Å²) in [6, 6.07) is 16.3. The van der Waals surface area contributed by atoms with Gasteiger partial charge in [-0.3, -0.25) is 4.79 Å². The minimum absolute atomic E-state index is 0.0241. The summed E-state index contributed by atoms with van der Waals surface area (Å²) in [7, 11) is 1.33. The molecule has 0 aliphatic carbocycles. The van der Waals surface area contributed by atoms with Crippen molar-refractivity contribution in [1.29, 1.82) is 0 Å². The molecular formula is C20H23NO4. The molecule has 132 valence electrons. The molecule has 0 bridgehead atoms. The lowest BCUT2D eigenvalue weighted by atomic mass is 10.0. The minimum Gasteiger partial charge on any atom is -0.484 e. The largest absolute Gasteiger partial charge is 0.484 e. The molecule has 0 aromatic heterocycles. The van der Waals surface area contributed by atoms with Crippen LogP contribution in [0.25, 0.3) is 0 Å². The van der Waals surface area contributed by atoms with Gasteiger partial charge in [0.1, 0.15) is 5.75 Å². The first kappa shape index (κ1) is 18.5. The van der Waals surface area contributed by atoms with Gasteiger partial charge >= 0.3 is 5.97 Å². The zero-order chi connectivity index (χ0) is 18.1. The Morgan fingerprint density at radius 2 is 1.72 bits per heavy atom. The maximum absolute atomic E-state index is 12.2. The second kappa shape index (κ2) is 9.47. The van der Waals surface area contributed by atoms with Gasteiger partial charge in [0.25, 0.3) is 5.91 Å². The fourth-order valence-corrected chi connectivity index (χ4v) is 2.49. The predicted octanol–water partition coefficient (Wildman–Crippen LogP) is 3.51. The van der Waals surface area contributed by atoms with E-state index in [2.05, 4.69) is 17.0 Å². The van der Waals surface area contributed by atoms with Crippen LogP contribution in [0.3, 0.4) is 0 Å². The van der Waals surface area contributed by atoms with Gasteiger partial charge in [-0.25, -0.2) is 4.79 Å². The van der Waals surface area contributed by atoms with Crippen LogP contribution in [-0.4, -0.2) is 25.6 Å². The predicted molar refractivity (Wildman–Crippen MR) is 95.5 cm³/mol. The molecule has 0 fully saturated rings. The molecule has 0 saturated carbocycles. The van der Waals surface area contributed by atoms with E-state index in [1.165, 1.54) is 7.11 Å². The molecule has 1 N–H and O–H groups in total. The molecule has 2 aromatic rings. The van der Waals surface area contributed by atoms with Crippen LogP contribution in [-0.2, 0) is 9.53 Å². The second-order valence-corrected chi connectivity index (χ2v) is 5.62. The van der Waals surface area contributed by atoms with Crippen LogP contribution in [0.1, 0.15) is 41.7 Å². The lowest BCUT2D eigenvalue weighted by molar-refractivity contribution is -0.123. The maximum atomic E-state index is 12.2. The van der Waals surface area contributed by atoms with E-state index in [0.717, 1.165) is 18.4 Å². The molecule has 0 aliphatic rings. The van der Waals surface area contributed by atoms with Crippen molar-refractivity contribution in [2.75, 3.05) is 13.7 Å². The highest BCUT2D eigenvalue weighted by Crippen LogP contribution is 2.18. The molecule has 2 rings (SSSR count). The third kappa shape index (κ3) is 5.64. The van der Waals surface area contributed by atoms with E-state index in [9.17, 15) is 9.59 Å². The van der Waals surface area contributed by atoms with Gasteiger partial charge in [0.2, 0.25) is 0 Å². The van der Waals surface area contributed by atoms with E-state index in [-0.39, 0.29) is 18.6 Å². The molecule has 25 heavy (non-hydrogen) atoms. The van der Waals surface area contributed by atoms with Gasteiger partial charge in [0.05, 0.1) is 18.7 Å². The number of benzene rings is 2. The Labute approximate surface area is 148 Å². The first-order valence-corrected chi connectivity index (χ1v) is 8.29. The van der Waals surface area contributed by atoms with Crippen molar-refractivity contribution < 1.29 is 19.1 Å². The molecule has 0 unspecified atom stereocenters. The molecule has 0 aliphatic heterocycles. The number of rotatable bonds is 8. The zero-order valence-electron chi connectivity index (χ0n) is 14.5. The molecule has 1 amide bonds. The van der Waals surface area contributed by atoms with Crippen molar-refractivity contribution >= 4 is 11.9 Å². The normalized spacial score (nSPS) is 11.4. The highest BCUT2D eigenvalue weighted by Gasteiger charge is 2.14. The van der Waals surface area contributed by atoms with Gasteiger partial charge in [0, 0.05) is 0 Å². The summed E-state index contributed by atoms with van der Waals surface area (Å²) in [5, 5.41) is 3.01. The Balaban J connectivity index is 1.89. The summed E-state index contributed by atoms with van der Waals surface area (Å²) >= 11 is 0. The van der Waals surface area contributed by atoms with E-state index >= 15 is 0 Å². The summed E-state index contributed by atoms with van der Waals surface area (Å²) in [5.74, 6) is -0.0662. The Morgan fingerprint density at radius 3 is 2.32 bits per heavy atom. The van der Waals surface area contributed by atoms with E-state index in [4.69, 9.17) is 4.74 Å². The third-order valence-electron chi connectivity index (χ3n) is 3.76. The Bertz CT molecular complexity index is 683. The average molecular weight is 341 g/mol. The monoisotopic (exact) mass is 341 g/mol. The quantitative estimate of drug-likeness (QED) is 0.746. The van der Waals surface area contributed by atoms with E-state index in [1.54, 1.807) is 24.3 Å². The molecule has 0 spiro atoms. The third-order valence-corrected chi connectivity index (χ3v) is 3.76. The lowest BCUT2D eigenvalue weighted by Crippen LogP contribution is -2.32. The molecule has 5 nitrogen and oxygen atoms in total. The Morgan fingerprint density at radius 1 is 1.04 bits per heavy atom. The number of carbonyl (C=O) groups is 2. The zero-order valence-corrected chi connectivity index (χ0v) is 14.5. The number of hydrogen-bond donors (Lipinski definition) is 1. The van der Waals surface area contributed by atoms with Gasteiger partial charge in [-0.05, 0) is 36.2 Å². The van der Waals surface area contributed by atoms with Gasteiger partial charge in [-0.15, -0.1) is 0 Å². The van der Waals surface area contributed by atoms with Crippen molar-refractivity contribution in [2.45, 2.75) is 25.8 Å². The minimum atomic E-state index is -0.408. The van der Waals surface area contributed by atoms with Crippen LogP contribution in [0.2, 0.25) is 0 Å². The maximum Gasteiger partial charge on any atom is 0.337 e. The fourth-order valence-electron chi connectivity index (χ4n) is 2.49. The fraction of sp³-hybridized carbons (Fsp3) is 0.300. The highest BCUT2D eigenvalue weighted by atomic mass is 16.5. The average Bonchev–Trinajstić information content (AvgIpc) is 2.66. The molecular weight excluding hydrogens is 318 g/mol. The standard InChI is InChI=1S/C20H23NO4/c1-3-7-18(15-8-5-4-6-9-15)21-19(22)14-25-17-12-10-16(11-13-17)20(23)24-2/h4-6,8-13,18H,3,7,14H2,1-2H3,(H,21,22)/t18-/m0/s1. The van der Waals surface area contributed by atoms with Crippen LogP contribution in [0.15, 0.2) is 54.6 Å². The van der Waals surface area contributed by atoms with Crippen LogP contribution in [0.4, 0.5) is 0 Å². The van der Waals surface area contributed by atoms with Crippen molar-refractivity contribution in [2.24, 2.45) is 0 Å². The van der Waals surface area contributed by atoms with Crippen LogP contribution >= 0.6 is 0 Å². The van der Waals surface area contributed by atoms with Crippen molar-refractivity contribution in [3.05, 3.63) is 65.7 Å². The topological polar surface area (TPSA) is 64.6 Å². The number of nitrogens with one attached hydrogen (secondary N) is 1. The van der Waals surface area contributed by atoms with Gasteiger partial charge in [-0.1, -0.05) is 43.7 Å². The smallest absolute Gasteiger partial charge is 0.337 e. The molecule has 0 heterocycles. The Hall–Kier alpha value is -2.82. The van der Waals surface area contributed by atoms with Crippen molar-refractivity contribution in [3.8, 4) is 5.75 Å². The van der Waals surface area contributed by atoms with Gasteiger partial charge in [-0.2, -0.15) is 0 Å².